The van der Waals surface area contributed by atoms with Gasteiger partial charge in [0.05, 0.1) is 21.5 Å². The minimum absolute atomic E-state index is 0.0116. The van der Waals surface area contributed by atoms with Crippen LogP contribution in [-0.4, -0.2) is 38.8 Å². The van der Waals surface area contributed by atoms with Crippen LogP contribution in [0.15, 0.2) is 12.3 Å². The molecule has 0 aliphatic carbocycles. The maximum atomic E-state index is 11.9. The minimum Gasteiger partial charge on any atom is -0.342 e. The summed E-state index contributed by atoms with van der Waals surface area (Å²) in [6, 6.07) is 1.55. The molecule has 0 unspecified atom stereocenters. The number of hydrogen-bond acceptors (Lipinski definition) is 3. The lowest BCUT2D eigenvalue weighted by Crippen LogP contribution is -2.34. The Balaban J connectivity index is 2.63. The first-order valence-corrected chi connectivity index (χ1v) is 8.15. The van der Waals surface area contributed by atoms with Crippen LogP contribution in [-0.2, 0) is 21.3 Å². The summed E-state index contributed by atoms with van der Waals surface area (Å²) in [6.45, 7) is 5.02. The smallest absolute Gasteiger partial charge is 0.235 e. The van der Waals surface area contributed by atoms with Crippen LogP contribution >= 0.6 is 23.2 Å². The third-order valence-corrected chi connectivity index (χ3v) is 4.28. The number of pyridine rings is 1. The van der Waals surface area contributed by atoms with Gasteiger partial charge in [0.1, 0.15) is 5.75 Å². The van der Waals surface area contributed by atoms with Gasteiger partial charge < -0.3 is 4.90 Å². The zero-order valence-electron chi connectivity index (χ0n) is 10.9. The van der Waals surface area contributed by atoms with E-state index in [9.17, 15) is 9.00 Å². The standard InChI is InChI=1S/C12H16Cl2N2O2S/c1-3-16(4-2)12(17)8-19(18)7-11-10(14)5-9(13)6-15-11/h5-6H,3-4,7-8H2,1-2H3/t19-/m1/s1. The summed E-state index contributed by atoms with van der Waals surface area (Å²) >= 11 is 11.7. The predicted octanol–water partition coefficient (Wildman–Crippen LogP) is 2.51. The van der Waals surface area contributed by atoms with Gasteiger partial charge in [-0.2, -0.15) is 0 Å². The fraction of sp³-hybridized carbons (Fsp3) is 0.500. The van der Waals surface area contributed by atoms with Crippen LogP contribution in [0.2, 0.25) is 10.0 Å². The van der Waals surface area contributed by atoms with Gasteiger partial charge in [-0.3, -0.25) is 14.0 Å². The monoisotopic (exact) mass is 322 g/mol. The summed E-state index contributed by atoms with van der Waals surface area (Å²) in [6.07, 6.45) is 1.45. The summed E-state index contributed by atoms with van der Waals surface area (Å²) < 4.78 is 11.9. The molecule has 7 heteroatoms. The van der Waals surface area contributed by atoms with Gasteiger partial charge in [0.25, 0.3) is 0 Å². The molecule has 1 amide bonds. The van der Waals surface area contributed by atoms with Crippen molar-refractivity contribution in [2.45, 2.75) is 19.6 Å². The van der Waals surface area contributed by atoms with Gasteiger partial charge in [-0.15, -0.1) is 0 Å². The molecule has 1 rings (SSSR count). The molecule has 0 saturated heterocycles. The second-order valence-electron chi connectivity index (χ2n) is 3.88. The SMILES string of the molecule is CCN(CC)C(=O)C[S@](=O)Cc1ncc(Cl)cc1Cl. The summed E-state index contributed by atoms with van der Waals surface area (Å²) in [7, 11) is -1.32. The lowest BCUT2D eigenvalue weighted by Gasteiger charge is -2.18. The average Bonchev–Trinajstić information content (AvgIpc) is 2.34. The third kappa shape index (κ3) is 5.09. The quantitative estimate of drug-likeness (QED) is 0.808. The molecule has 4 nitrogen and oxygen atoms in total. The van der Waals surface area contributed by atoms with E-state index in [4.69, 9.17) is 23.2 Å². The van der Waals surface area contributed by atoms with Crippen LogP contribution in [0.4, 0.5) is 0 Å². The molecule has 1 atom stereocenters. The van der Waals surface area contributed by atoms with E-state index in [0.717, 1.165) is 0 Å². The van der Waals surface area contributed by atoms with E-state index >= 15 is 0 Å². The zero-order chi connectivity index (χ0) is 14.4. The molecule has 0 aliphatic heterocycles. The fourth-order valence-electron chi connectivity index (χ4n) is 1.56. The maximum absolute atomic E-state index is 11.9. The van der Waals surface area contributed by atoms with Crippen molar-refractivity contribution in [1.29, 1.82) is 0 Å². The van der Waals surface area contributed by atoms with Gasteiger partial charge in [0.15, 0.2) is 0 Å². The molecule has 0 fully saturated rings. The first-order chi connectivity index (χ1) is 8.97. The molecule has 0 N–H and O–H groups in total. The van der Waals surface area contributed by atoms with Gasteiger partial charge in [-0.1, -0.05) is 23.2 Å². The summed E-state index contributed by atoms with van der Waals surface area (Å²) in [5, 5.41) is 0.801. The molecule has 0 aromatic carbocycles. The number of nitrogens with zero attached hydrogens (tertiary/aromatic N) is 2. The zero-order valence-corrected chi connectivity index (χ0v) is 13.2. The molecule has 0 saturated carbocycles. The van der Waals surface area contributed by atoms with Crippen LogP contribution < -0.4 is 0 Å². The summed E-state index contributed by atoms with van der Waals surface area (Å²) in [5.41, 5.74) is 0.497. The molecule has 0 aliphatic rings. The first-order valence-electron chi connectivity index (χ1n) is 5.90. The second-order valence-corrected chi connectivity index (χ2v) is 6.18. The van der Waals surface area contributed by atoms with Crippen molar-refractivity contribution >= 4 is 39.9 Å². The third-order valence-electron chi connectivity index (χ3n) is 2.58. The summed E-state index contributed by atoms with van der Waals surface area (Å²) in [5.74, 6) is 0.0270. The van der Waals surface area contributed by atoms with Crippen molar-refractivity contribution < 1.29 is 9.00 Å². The molecule has 0 bridgehead atoms. The van der Waals surface area contributed by atoms with Crippen LogP contribution in [0, 0.1) is 0 Å². The predicted molar refractivity (Wildman–Crippen MR) is 78.9 cm³/mol. The van der Waals surface area contributed by atoms with Crippen molar-refractivity contribution in [3.8, 4) is 0 Å². The Morgan fingerprint density at radius 1 is 1.37 bits per heavy atom. The highest BCUT2D eigenvalue weighted by Crippen LogP contribution is 2.19. The molecule has 0 radical (unpaired) electrons. The highest BCUT2D eigenvalue weighted by Gasteiger charge is 2.15. The number of carbonyl (C=O) groups is 1. The number of carbonyl (C=O) groups excluding carboxylic acids is 1. The van der Waals surface area contributed by atoms with Crippen molar-refractivity contribution in [2.75, 3.05) is 18.8 Å². The van der Waals surface area contributed by atoms with Gasteiger partial charge in [-0.05, 0) is 19.9 Å². The van der Waals surface area contributed by atoms with E-state index in [-0.39, 0.29) is 17.4 Å². The van der Waals surface area contributed by atoms with E-state index in [1.807, 2.05) is 13.8 Å². The van der Waals surface area contributed by atoms with E-state index in [1.165, 1.54) is 6.20 Å². The Morgan fingerprint density at radius 3 is 2.53 bits per heavy atom. The lowest BCUT2D eigenvalue weighted by atomic mass is 10.4. The molecule has 106 valence electrons. The summed E-state index contributed by atoms with van der Waals surface area (Å²) in [4.78, 5) is 17.5. The Kier molecular flexibility index (Phi) is 6.75. The molecular weight excluding hydrogens is 307 g/mol. The first kappa shape index (κ1) is 16.4. The van der Waals surface area contributed by atoms with E-state index in [2.05, 4.69) is 4.98 Å². The largest absolute Gasteiger partial charge is 0.342 e. The Morgan fingerprint density at radius 2 is 2.00 bits per heavy atom. The molecule has 1 heterocycles. The number of rotatable bonds is 6. The average molecular weight is 323 g/mol. The van der Waals surface area contributed by atoms with Crippen LogP contribution in [0.5, 0.6) is 0 Å². The normalized spacial score (nSPS) is 12.2. The number of aromatic nitrogens is 1. The number of hydrogen-bond donors (Lipinski definition) is 0. The topological polar surface area (TPSA) is 50.3 Å². The van der Waals surface area contributed by atoms with Crippen molar-refractivity contribution in [3.63, 3.8) is 0 Å². The van der Waals surface area contributed by atoms with E-state index in [1.54, 1.807) is 11.0 Å². The van der Waals surface area contributed by atoms with Crippen molar-refractivity contribution in [1.82, 2.24) is 9.88 Å². The Bertz CT molecular complexity index is 479. The maximum Gasteiger partial charge on any atom is 0.235 e. The van der Waals surface area contributed by atoms with E-state index < -0.39 is 10.8 Å². The van der Waals surface area contributed by atoms with Crippen LogP contribution in [0.1, 0.15) is 19.5 Å². The highest BCUT2D eigenvalue weighted by molar-refractivity contribution is 7.84. The minimum atomic E-state index is -1.32. The van der Waals surface area contributed by atoms with Crippen LogP contribution in [0.25, 0.3) is 0 Å². The van der Waals surface area contributed by atoms with Gasteiger partial charge in [0.2, 0.25) is 5.91 Å². The van der Waals surface area contributed by atoms with Crippen LogP contribution in [0.3, 0.4) is 0 Å². The molecular formula is C12H16Cl2N2O2S. The molecule has 19 heavy (non-hydrogen) atoms. The molecule has 1 aromatic heterocycles. The van der Waals surface area contributed by atoms with Crippen molar-refractivity contribution in [3.05, 3.63) is 28.0 Å². The highest BCUT2D eigenvalue weighted by atomic mass is 35.5. The lowest BCUT2D eigenvalue weighted by molar-refractivity contribution is -0.128. The van der Waals surface area contributed by atoms with Gasteiger partial charge >= 0.3 is 0 Å². The molecule has 1 aromatic rings. The van der Waals surface area contributed by atoms with Gasteiger partial charge in [-0.25, -0.2) is 0 Å². The second kappa shape index (κ2) is 7.82. The fourth-order valence-corrected chi connectivity index (χ4v) is 3.18. The van der Waals surface area contributed by atoms with E-state index in [0.29, 0.717) is 28.8 Å². The number of amides is 1. The van der Waals surface area contributed by atoms with Crippen molar-refractivity contribution in [2.24, 2.45) is 0 Å². The Labute approximate surface area is 125 Å². The Hall–Kier alpha value is -0.650. The molecule has 0 spiro atoms. The number of halogens is 2. The van der Waals surface area contributed by atoms with Gasteiger partial charge in [0, 0.05) is 30.1 Å².